The van der Waals surface area contributed by atoms with Gasteiger partial charge in [0.15, 0.2) is 5.82 Å². The van der Waals surface area contributed by atoms with Gasteiger partial charge in [-0.1, -0.05) is 30.3 Å². The van der Waals surface area contributed by atoms with Crippen molar-refractivity contribution in [2.24, 2.45) is 0 Å². The van der Waals surface area contributed by atoms with Gasteiger partial charge in [-0.15, -0.1) is 0 Å². The minimum Gasteiger partial charge on any atom is -0.377 e. The Morgan fingerprint density at radius 1 is 0.567 bits per heavy atom. The summed E-state index contributed by atoms with van der Waals surface area (Å²) in [6.07, 6.45) is 0. The van der Waals surface area contributed by atoms with E-state index in [1.165, 1.54) is 0 Å². The molecule has 6 rings (SSSR count). The average Bonchev–Trinajstić information content (AvgIpc) is 2.78. The first-order chi connectivity index (χ1) is 14.9. The van der Waals surface area contributed by atoms with Crippen LogP contribution in [0.4, 0.5) is 11.9 Å². The van der Waals surface area contributed by atoms with Crippen molar-refractivity contribution in [1.29, 1.82) is 0 Å². The maximum Gasteiger partial charge on any atom is 0.231 e. The van der Waals surface area contributed by atoms with Gasteiger partial charge in [0.2, 0.25) is 11.9 Å². The van der Waals surface area contributed by atoms with Gasteiger partial charge in [-0.25, -0.2) is 0 Å². The highest BCUT2D eigenvalue weighted by Crippen LogP contribution is 2.31. The molecule has 9 nitrogen and oxygen atoms in total. The summed E-state index contributed by atoms with van der Waals surface area (Å²) >= 11 is 0. The van der Waals surface area contributed by atoms with E-state index in [1.54, 1.807) is 0 Å². The van der Waals surface area contributed by atoms with Crippen molar-refractivity contribution in [3.63, 3.8) is 0 Å². The van der Waals surface area contributed by atoms with Gasteiger partial charge in [-0.3, -0.25) is 0 Å². The van der Waals surface area contributed by atoms with E-state index in [0.717, 1.165) is 5.56 Å². The molecule has 0 saturated carbocycles. The fourth-order valence-electron chi connectivity index (χ4n) is 4.75. The number of anilines is 2. The van der Waals surface area contributed by atoms with E-state index in [-0.39, 0.29) is 24.2 Å². The topological polar surface area (TPSA) is 82.1 Å². The maximum atomic E-state index is 5.77. The fourth-order valence-corrected chi connectivity index (χ4v) is 4.75. The molecule has 1 aromatic carbocycles. The number of hydrogen-bond acceptors (Lipinski definition) is 9. The maximum absolute atomic E-state index is 5.77. The molecule has 0 radical (unpaired) electrons. The molecule has 0 aliphatic carbocycles. The predicted molar refractivity (Wildman–Crippen MR) is 109 cm³/mol. The number of ether oxygens (including phenoxy) is 4. The zero-order chi connectivity index (χ0) is 19.9. The van der Waals surface area contributed by atoms with Crippen molar-refractivity contribution in [1.82, 2.24) is 15.0 Å². The summed E-state index contributed by atoms with van der Waals surface area (Å²) in [5.41, 5.74) is 0.978. The van der Waals surface area contributed by atoms with E-state index in [2.05, 4.69) is 9.80 Å². The third-order valence-corrected chi connectivity index (χ3v) is 6.16. The summed E-state index contributed by atoms with van der Waals surface area (Å²) in [6.45, 7) is 4.96. The van der Waals surface area contributed by atoms with Gasteiger partial charge in [-0.2, -0.15) is 15.0 Å². The van der Waals surface area contributed by atoms with Crippen molar-refractivity contribution in [2.75, 3.05) is 62.7 Å². The highest BCUT2D eigenvalue weighted by molar-refractivity contribution is 5.59. The van der Waals surface area contributed by atoms with Gasteiger partial charge in [0.05, 0.1) is 77.0 Å². The van der Waals surface area contributed by atoms with Crippen molar-refractivity contribution in [3.8, 4) is 11.4 Å². The van der Waals surface area contributed by atoms with Gasteiger partial charge in [0.25, 0.3) is 0 Å². The Bertz CT molecular complexity index is 806. The van der Waals surface area contributed by atoms with Crippen LogP contribution in [0.2, 0.25) is 0 Å². The van der Waals surface area contributed by atoms with Crippen LogP contribution in [0, 0.1) is 0 Å². The Hall–Kier alpha value is -2.33. The fraction of sp³-hybridized carbons (Fsp3) is 0.571. The molecule has 4 aliphatic heterocycles. The number of rotatable bonds is 3. The van der Waals surface area contributed by atoms with E-state index in [9.17, 15) is 0 Å². The monoisotopic (exact) mass is 411 g/mol. The average molecular weight is 411 g/mol. The summed E-state index contributed by atoms with van der Waals surface area (Å²) in [4.78, 5) is 19.3. The van der Waals surface area contributed by atoms with Gasteiger partial charge >= 0.3 is 0 Å². The van der Waals surface area contributed by atoms with E-state index in [0.29, 0.717) is 70.6 Å². The molecule has 0 spiro atoms. The molecule has 4 fully saturated rings. The normalized spacial score (nSPS) is 30.9. The number of hydrogen-bond donors (Lipinski definition) is 0. The van der Waals surface area contributed by atoms with Crippen LogP contribution in [0.25, 0.3) is 11.4 Å². The molecular formula is C21H25N5O4. The molecular weight excluding hydrogens is 386 g/mol. The standard InChI is InChI=1S/C21H25N5O4/c1-2-4-14(5-3-1)19-22-20(25-15-6-27-8-16(25)9-28-7-15)24-21(23-19)26-17-10-29-12-18(26)13-30-11-17/h1-5,15-18H,6-13H2. The predicted octanol–water partition coefficient (Wildman–Crippen LogP) is 0.747. The smallest absolute Gasteiger partial charge is 0.231 e. The molecule has 2 aromatic rings. The van der Waals surface area contributed by atoms with Crippen LogP contribution >= 0.6 is 0 Å². The number of morpholine rings is 4. The molecule has 9 heteroatoms. The summed E-state index contributed by atoms with van der Waals surface area (Å²) in [7, 11) is 0. The zero-order valence-electron chi connectivity index (χ0n) is 16.7. The number of benzene rings is 1. The van der Waals surface area contributed by atoms with E-state index in [1.807, 2.05) is 30.3 Å². The Labute approximate surface area is 174 Å². The highest BCUT2D eigenvalue weighted by Gasteiger charge is 2.40. The van der Waals surface area contributed by atoms with Crippen LogP contribution in [0.1, 0.15) is 0 Å². The van der Waals surface area contributed by atoms with Gasteiger partial charge < -0.3 is 28.7 Å². The largest absolute Gasteiger partial charge is 0.377 e. The third-order valence-electron chi connectivity index (χ3n) is 6.16. The van der Waals surface area contributed by atoms with Crippen LogP contribution < -0.4 is 9.80 Å². The SMILES string of the molecule is c1ccc(-c2nc(N3C4COCC3COC4)nc(N3C4COCC3COC4)n2)cc1. The quantitative estimate of drug-likeness (QED) is 0.726. The molecule has 0 amide bonds. The van der Waals surface area contributed by atoms with Crippen LogP contribution in [0.15, 0.2) is 30.3 Å². The molecule has 1 aromatic heterocycles. The molecule has 4 aliphatic rings. The first-order valence-electron chi connectivity index (χ1n) is 10.6. The number of nitrogens with zero attached hydrogens (tertiary/aromatic N) is 5. The Balaban J connectivity index is 1.45. The minimum absolute atomic E-state index is 0.115. The lowest BCUT2D eigenvalue weighted by atomic mass is 10.1. The van der Waals surface area contributed by atoms with Crippen molar-refractivity contribution >= 4 is 11.9 Å². The van der Waals surface area contributed by atoms with Crippen LogP contribution in [0.5, 0.6) is 0 Å². The van der Waals surface area contributed by atoms with E-state index >= 15 is 0 Å². The summed E-state index contributed by atoms with van der Waals surface area (Å²) < 4.78 is 23.1. The van der Waals surface area contributed by atoms with Crippen LogP contribution in [0.3, 0.4) is 0 Å². The lowest BCUT2D eigenvalue weighted by Gasteiger charge is -2.47. The highest BCUT2D eigenvalue weighted by atomic mass is 16.5. The van der Waals surface area contributed by atoms with Gasteiger partial charge in [-0.05, 0) is 0 Å². The Kier molecular flexibility index (Phi) is 4.75. The summed E-state index contributed by atoms with van der Waals surface area (Å²) in [5.74, 6) is 2.09. The van der Waals surface area contributed by atoms with Crippen LogP contribution in [-0.2, 0) is 18.9 Å². The second kappa shape index (κ2) is 7.73. The van der Waals surface area contributed by atoms with Gasteiger partial charge in [0, 0.05) is 5.56 Å². The van der Waals surface area contributed by atoms with Crippen molar-refractivity contribution < 1.29 is 18.9 Å². The minimum atomic E-state index is 0.115. The van der Waals surface area contributed by atoms with Gasteiger partial charge in [0.1, 0.15) is 0 Å². The number of fused-ring (bicyclic) bond motifs is 4. The second-order valence-electron chi connectivity index (χ2n) is 8.20. The third kappa shape index (κ3) is 3.22. The van der Waals surface area contributed by atoms with Crippen LogP contribution in [-0.4, -0.2) is 92.0 Å². The zero-order valence-corrected chi connectivity index (χ0v) is 16.7. The molecule has 0 unspecified atom stereocenters. The summed E-state index contributed by atoms with van der Waals surface area (Å²) in [5, 5.41) is 0. The molecule has 0 N–H and O–H groups in total. The molecule has 30 heavy (non-hydrogen) atoms. The lowest BCUT2D eigenvalue weighted by molar-refractivity contribution is -0.0367. The molecule has 4 bridgehead atoms. The molecule has 5 heterocycles. The molecule has 0 atom stereocenters. The summed E-state index contributed by atoms with van der Waals surface area (Å²) in [6, 6.07) is 10.5. The van der Waals surface area contributed by atoms with E-state index < -0.39 is 0 Å². The van der Waals surface area contributed by atoms with Crippen molar-refractivity contribution in [3.05, 3.63) is 30.3 Å². The Morgan fingerprint density at radius 2 is 0.967 bits per heavy atom. The second-order valence-corrected chi connectivity index (χ2v) is 8.20. The lowest BCUT2D eigenvalue weighted by Crippen LogP contribution is -2.61. The Morgan fingerprint density at radius 3 is 1.37 bits per heavy atom. The molecule has 158 valence electrons. The van der Waals surface area contributed by atoms with Crippen molar-refractivity contribution in [2.45, 2.75) is 24.2 Å². The first kappa shape index (κ1) is 18.4. The molecule has 4 saturated heterocycles. The number of aromatic nitrogens is 3. The first-order valence-corrected chi connectivity index (χ1v) is 10.6. The van der Waals surface area contributed by atoms with E-state index in [4.69, 9.17) is 33.9 Å².